The number of benzene rings is 1. The molecule has 1 unspecified atom stereocenters. The summed E-state index contributed by atoms with van der Waals surface area (Å²) >= 11 is 0. The maximum absolute atomic E-state index is 11.6. The normalized spacial score (nSPS) is 11.9. The lowest BCUT2D eigenvalue weighted by atomic mass is 10.1. The van der Waals surface area contributed by atoms with Gasteiger partial charge in [-0.15, -0.1) is 0 Å². The summed E-state index contributed by atoms with van der Waals surface area (Å²) in [5.41, 5.74) is 1.75. The molecule has 5 nitrogen and oxygen atoms in total. The molecule has 92 valence electrons. The van der Waals surface area contributed by atoms with E-state index in [-0.39, 0.29) is 0 Å². The molecule has 3 N–H and O–H groups in total. The molecule has 17 heavy (non-hydrogen) atoms. The van der Waals surface area contributed by atoms with E-state index in [0.717, 1.165) is 12.0 Å². The average Bonchev–Trinajstić information content (AvgIpc) is 2.30. The molecule has 0 heterocycles. The number of hydrogen-bond donors (Lipinski definition) is 3. The molecule has 0 saturated carbocycles. The number of carboxylic acid groups (broad SMARTS) is 1. The first kappa shape index (κ1) is 13.2. The van der Waals surface area contributed by atoms with E-state index < -0.39 is 17.9 Å². The fourth-order valence-corrected chi connectivity index (χ4v) is 1.40. The summed E-state index contributed by atoms with van der Waals surface area (Å²) in [4.78, 5) is 22.3. The topological polar surface area (TPSA) is 78.4 Å². The summed E-state index contributed by atoms with van der Waals surface area (Å²) in [6.45, 7) is 2.04. The lowest BCUT2D eigenvalue weighted by Crippen LogP contribution is -2.44. The maximum atomic E-state index is 11.6. The van der Waals surface area contributed by atoms with Crippen LogP contribution >= 0.6 is 0 Å². The van der Waals surface area contributed by atoms with Gasteiger partial charge < -0.3 is 10.4 Å². The average molecular weight is 236 g/mol. The van der Waals surface area contributed by atoms with Crippen LogP contribution in [0.15, 0.2) is 24.3 Å². The van der Waals surface area contributed by atoms with Crippen molar-refractivity contribution in [1.82, 2.24) is 5.32 Å². The van der Waals surface area contributed by atoms with Crippen LogP contribution < -0.4 is 10.6 Å². The highest BCUT2D eigenvalue weighted by Crippen LogP contribution is 2.10. The second-order valence-electron chi connectivity index (χ2n) is 3.60. The predicted molar refractivity (Wildman–Crippen MR) is 64.9 cm³/mol. The number of carbonyl (C=O) groups is 2. The maximum Gasteiger partial charge on any atom is 0.330 e. The Bertz CT molecular complexity index is 401. The zero-order chi connectivity index (χ0) is 12.8. The molecular weight excluding hydrogens is 220 g/mol. The highest BCUT2D eigenvalue weighted by Gasteiger charge is 2.23. The van der Waals surface area contributed by atoms with Crippen molar-refractivity contribution in [3.63, 3.8) is 0 Å². The molecule has 0 spiro atoms. The lowest BCUT2D eigenvalue weighted by molar-refractivity contribution is -0.142. The molecule has 0 saturated heterocycles. The fourth-order valence-electron chi connectivity index (χ4n) is 1.40. The first-order valence-electron chi connectivity index (χ1n) is 5.38. The van der Waals surface area contributed by atoms with Crippen LogP contribution in [0.2, 0.25) is 0 Å². The quantitative estimate of drug-likeness (QED) is 0.662. The number of anilines is 1. The monoisotopic (exact) mass is 236 g/mol. The first-order valence-corrected chi connectivity index (χ1v) is 5.38. The summed E-state index contributed by atoms with van der Waals surface area (Å²) in [5.74, 6) is -1.78. The van der Waals surface area contributed by atoms with Crippen molar-refractivity contribution in [2.75, 3.05) is 12.4 Å². The molecule has 0 aromatic heterocycles. The van der Waals surface area contributed by atoms with Gasteiger partial charge in [-0.1, -0.05) is 19.1 Å². The summed E-state index contributed by atoms with van der Waals surface area (Å²) in [5, 5.41) is 13.8. The number of carbonyl (C=O) groups excluding carboxylic acids is 1. The van der Waals surface area contributed by atoms with Crippen molar-refractivity contribution in [3.8, 4) is 0 Å². The van der Waals surface area contributed by atoms with Gasteiger partial charge in [-0.05, 0) is 31.2 Å². The Morgan fingerprint density at radius 3 is 2.29 bits per heavy atom. The molecule has 1 aromatic rings. The molecule has 0 bridgehead atoms. The van der Waals surface area contributed by atoms with Crippen LogP contribution in [-0.2, 0) is 16.0 Å². The van der Waals surface area contributed by atoms with Crippen molar-refractivity contribution in [2.45, 2.75) is 19.4 Å². The second-order valence-corrected chi connectivity index (χ2v) is 3.60. The number of aliphatic carboxylic acids is 1. The molecule has 0 fully saturated rings. The highest BCUT2D eigenvalue weighted by molar-refractivity contribution is 6.07. The Balaban J connectivity index is 2.69. The number of amides is 1. The summed E-state index contributed by atoms with van der Waals surface area (Å²) in [7, 11) is 1.43. The predicted octanol–water partition coefficient (Wildman–Crippen LogP) is 0.860. The Labute approximate surface area is 99.8 Å². The van der Waals surface area contributed by atoms with Crippen LogP contribution in [-0.4, -0.2) is 30.1 Å². The van der Waals surface area contributed by atoms with E-state index in [0.29, 0.717) is 5.69 Å². The number of nitrogens with one attached hydrogen (secondary N) is 2. The first-order chi connectivity index (χ1) is 8.08. The number of aryl methyl sites for hydroxylation is 1. The molecule has 0 aliphatic carbocycles. The minimum absolute atomic E-state index is 0.579. The summed E-state index contributed by atoms with van der Waals surface area (Å²) in [6, 6.07) is 6.06. The molecule has 0 aliphatic heterocycles. The van der Waals surface area contributed by atoms with E-state index in [1.807, 2.05) is 19.1 Å². The number of carboxylic acids is 1. The van der Waals surface area contributed by atoms with E-state index in [9.17, 15) is 9.59 Å². The molecule has 5 heteroatoms. The van der Waals surface area contributed by atoms with Crippen molar-refractivity contribution < 1.29 is 14.7 Å². The standard InChI is InChI=1S/C12H16N2O3/c1-3-8-4-6-9(7-5-8)14-11(15)10(13-2)12(16)17/h4-7,10,13H,3H2,1-2H3,(H,14,15)(H,16,17). The van der Waals surface area contributed by atoms with Gasteiger partial charge in [-0.2, -0.15) is 0 Å². The van der Waals surface area contributed by atoms with E-state index in [4.69, 9.17) is 5.11 Å². The van der Waals surface area contributed by atoms with E-state index in [1.165, 1.54) is 7.05 Å². The fraction of sp³-hybridized carbons (Fsp3) is 0.333. The molecule has 0 aliphatic rings. The van der Waals surface area contributed by atoms with E-state index >= 15 is 0 Å². The lowest BCUT2D eigenvalue weighted by Gasteiger charge is -2.11. The van der Waals surface area contributed by atoms with Crippen molar-refractivity contribution >= 4 is 17.6 Å². The van der Waals surface area contributed by atoms with Gasteiger partial charge in [0.25, 0.3) is 5.91 Å². The van der Waals surface area contributed by atoms with Gasteiger partial charge in [0, 0.05) is 5.69 Å². The Kier molecular flexibility index (Phi) is 4.66. The van der Waals surface area contributed by atoms with Gasteiger partial charge in [0.05, 0.1) is 0 Å². The number of likely N-dealkylation sites (N-methyl/N-ethyl adjacent to an activating group) is 1. The van der Waals surface area contributed by atoms with Gasteiger partial charge in [-0.25, -0.2) is 4.79 Å². The summed E-state index contributed by atoms with van der Waals surface area (Å²) in [6.07, 6.45) is 0.919. The van der Waals surface area contributed by atoms with Crippen LogP contribution in [0.25, 0.3) is 0 Å². The van der Waals surface area contributed by atoms with E-state index in [2.05, 4.69) is 10.6 Å². The van der Waals surface area contributed by atoms with Crippen molar-refractivity contribution in [3.05, 3.63) is 29.8 Å². The largest absolute Gasteiger partial charge is 0.480 e. The van der Waals surface area contributed by atoms with Crippen molar-refractivity contribution in [1.29, 1.82) is 0 Å². The molecule has 1 atom stereocenters. The van der Waals surface area contributed by atoms with Gasteiger partial charge in [0.2, 0.25) is 0 Å². The Morgan fingerprint density at radius 1 is 1.29 bits per heavy atom. The Morgan fingerprint density at radius 2 is 1.88 bits per heavy atom. The number of rotatable bonds is 5. The Hall–Kier alpha value is -1.88. The second kappa shape index (κ2) is 6.00. The third kappa shape index (κ3) is 3.57. The zero-order valence-corrected chi connectivity index (χ0v) is 9.86. The smallest absolute Gasteiger partial charge is 0.330 e. The molecule has 1 aromatic carbocycles. The minimum atomic E-state index is -1.24. The van der Waals surface area contributed by atoms with Crippen LogP contribution in [0, 0.1) is 0 Å². The number of hydrogen-bond acceptors (Lipinski definition) is 3. The van der Waals surface area contributed by atoms with Crippen LogP contribution in [0.4, 0.5) is 5.69 Å². The van der Waals surface area contributed by atoms with Crippen LogP contribution in [0.5, 0.6) is 0 Å². The van der Waals surface area contributed by atoms with E-state index in [1.54, 1.807) is 12.1 Å². The third-order valence-electron chi connectivity index (χ3n) is 2.43. The van der Waals surface area contributed by atoms with Gasteiger partial charge >= 0.3 is 5.97 Å². The molecular formula is C12H16N2O3. The van der Waals surface area contributed by atoms with Crippen LogP contribution in [0.1, 0.15) is 12.5 Å². The highest BCUT2D eigenvalue weighted by atomic mass is 16.4. The SMILES string of the molecule is CCc1ccc(NC(=O)C(NC)C(=O)O)cc1. The summed E-state index contributed by atoms with van der Waals surface area (Å²) < 4.78 is 0. The molecule has 1 rings (SSSR count). The molecule has 0 radical (unpaired) electrons. The van der Waals surface area contributed by atoms with Gasteiger partial charge in [0.1, 0.15) is 0 Å². The van der Waals surface area contributed by atoms with Gasteiger partial charge in [-0.3, -0.25) is 10.1 Å². The van der Waals surface area contributed by atoms with Gasteiger partial charge in [0.15, 0.2) is 6.04 Å². The molecule has 1 amide bonds. The minimum Gasteiger partial charge on any atom is -0.480 e. The van der Waals surface area contributed by atoms with Crippen molar-refractivity contribution in [2.24, 2.45) is 0 Å². The zero-order valence-electron chi connectivity index (χ0n) is 9.86. The van der Waals surface area contributed by atoms with Crippen LogP contribution in [0.3, 0.4) is 0 Å². The third-order valence-corrected chi connectivity index (χ3v) is 2.43.